The van der Waals surface area contributed by atoms with Crippen molar-refractivity contribution in [3.05, 3.63) is 88.0 Å². The summed E-state index contributed by atoms with van der Waals surface area (Å²) in [4.78, 5) is 23.7. The summed E-state index contributed by atoms with van der Waals surface area (Å²) in [6, 6.07) is 19.4. The lowest BCUT2D eigenvalue weighted by Crippen LogP contribution is -2.24. The Morgan fingerprint density at radius 1 is 1.00 bits per heavy atom. The molecule has 0 spiro atoms. The van der Waals surface area contributed by atoms with Crippen molar-refractivity contribution in [2.75, 3.05) is 0 Å². The van der Waals surface area contributed by atoms with E-state index in [9.17, 15) is 14.9 Å². The molecule has 3 aromatic rings. The molecule has 0 aromatic heterocycles. The Hall–Kier alpha value is -4.18. The van der Waals surface area contributed by atoms with E-state index in [1.54, 1.807) is 69.3 Å². The second kappa shape index (κ2) is 8.67. The summed E-state index contributed by atoms with van der Waals surface area (Å²) >= 11 is 0. The molecule has 0 saturated heterocycles. The Balaban J connectivity index is 2.11. The Labute approximate surface area is 179 Å². The van der Waals surface area contributed by atoms with Gasteiger partial charge in [-0.3, -0.25) is 10.1 Å². The maximum absolute atomic E-state index is 12.8. The van der Waals surface area contributed by atoms with Gasteiger partial charge in [0.1, 0.15) is 17.1 Å². The Morgan fingerprint density at radius 2 is 1.68 bits per heavy atom. The lowest BCUT2D eigenvalue weighted by atomic mass is 9.98. The minimum Gasteiger partial charge on any atom is -0.457 e. The predicted molar refractivity (Wildman–Crippen MR) is 115 cm³/mol. The molecule has 3 aromatic carbocycles. The van der Waals surface area contributed by atoms with Gasteiger partial charge in [-0.25, -0.2) is 4.79 Å². The van der Waals surface area contributed by atoms with E-state index in [0.29, 0.717) is 28.2 Å². The first-order chi connectivity index (χ1) is 14.7. The number of hydrogen-bond donors (Lipinski definition) is 0. The van der Waals surface area contributed by atoms with E-state index in [1.165, 1.54) is 18.2 Å². The summed E-state index contributed by atoms with van der Waals surface area (Å²) < 4.78 is 11.5. The van der Waals surface area contributed by atoms with Crippen LogP contribution in [0.1, 0.15) is 36.7 Å². The summed E-state index contributed by atoms with van der Waals surface area (Å²) in [5.41, 5.74) is 0.730. The average molecular weight is 416 g/mol. The average Bonchev–Trinajstić information content (AvgIpc) is 2.73. The van der Waals surface area contributed by atoms with E-state index in [2.05, 4.69) is 0 Å². The lowest BCUT2D eigenvalue weighted by Gasteiger charge is -2.21. The number of non-ortho nitro benzene ring substituents is 1. The number of benzene rings is 3. The number of nitro groups is 1. The van der Waals surface area contributed by atoms with Crippen molar-refractivity contribution in [1.29, 1.82) is 5.26 Å². The van der Waals surface area contributed by atoms with Gasteiger partial charge in [-0.15, -0.1) is 0 Å². The van der Waals surface area contributed by atoms with Crippen LogP contribution in [0.3, 0.4) is 0 Å². The molecule has 0 radical (unpaired) electrons. The molecule has 0 aliphatic heterocycles. The van der Waals surface area contributed by atoms with E-state index >= 15 is 0 Å². The fourth-order valence-corrected chi connectivity index (χ4v) is 2.88. The number of carbonyl (C=O) groups is 1. The van der Waals surface area contributed by atoms with Crippen LogP contribution >= 0.6 is 0 Å². The van der Waals surface area contributed by atoms with Gasteiger partial charge in [0.25, 0.3) is 5.69 Å². The number of hydrogen-bond acceptors (Lipinski definition) is 6. The van der Waals surface area contributed by atoms with Crippen LogP contribution in [-0.2, 0) is 4.74 Å². The van der Waals surface area contributed by atoms with Crippen LogP contribution in [0.25, 0.3) is 11.1 Å². The Morgan fingerprint density at radius 3 is 2.29 bits per heavy atom. The summed E-state index contributed by atoms with van der Waals surface area (Å²) in [5, 5.41) is 20.3. The normalized spacial score (nSPS) is 10.8. The minimum absolute atomic E-state index is 0.138. The summed E-state index contributed by atoms with van der Waals surface area (Å²) in [5.74, 6) is 0.231. The molecular formula is C24H20N2O5. The third kappa shape index (κ3) is 5.25. The highest BCUT2D eigenvalue weighted by molar-refractivity contribution is 5.98. The van der Waals surface area contributed by atoms with Crippen LogP contribution in [0.15, 0.2) is 66.7 Å². The van der Waals surface area contributed by atoms with Crippen molar-refractivity contribution < 1.29 is 19.2 Å². The number of carbonyl (C=O) groups excluding carboxylic acids is 1. The fraction of sp³-hybridized carbons (Fsp3) is 0.167. The van der Waals surface area contributed by atoms with E-state index in [1.807, 2.05) is 6.07 Å². The van der Waals surface area contributed by atoms with Gasteiger partial charge in [-0.1, -0.05) is 18.2 Å². The first-order valence-electron chi connectivity index (χ1n) is 9.47. The number of nitrogens with zero attached hydrogens (tertiary/aromatic N) is 2. The van der Waals surface area contributed by atoms with E-state index in [-0.39, 0.29) is 11.3 Å². The zero-order valence-electron chi connectivity index (χ0n) is 17.3. The largest absolute Gasteiger partial charge is 0.457 e. The number of ether oxygens (including phenoxy) is 2. The highest BCUT2D eigenvalue weighted by atomic mass is 16.6. The van der Waals surface area contributed by atoms with Crippen molar-refractivity contribution in [2.45, 2.75) is 26.4 Å². The Bertz CT molecular complexity index is 1170. The molecule has 3 rings (SSSR count). The van der Waals surface area contributed by atoms with Crippen LogP contribution in [0, 0.1) is 21.4 Å². The monoisotopic (exact) mass is 416 g/mol. The SMILES string of the molecule is CC(C)(C)OC(=O)c1ccccc1-c1cc([N+](=O)[O-])ccc1Oc1ccc(C#N)cc1. The number of esters is 1. The van der Waals surface area contributed by atoms with Gasteiger partial charge in [0.15, 0.2) is 0 Å². The molecule has 0 unspecified atom stereocenters. The molecule has 0 aliphatic carbocycles. The predicted octanol–water partition coefficient (Wildman–Crippen LogP) is 5.88. The summed E-state index contributed by atoms with van der Waals surface area (Å²) in [7, 11) is 0. The smallest absolute Gasteiger partial charge is 0.339 e. The van der Waals surface area contributed by atoms with Gasteiger partial charge in [-0.2, -0.15) is 5.26 Å². The zero-order chi connectivity index (χ0) is 22.6. The molecular weight excluding hydrogens is 396 g/mol. The molecule has 156 valence electrons. The van der Waals surface area contributed by atoms with Gasteiger partial charge < -0.3 is 9.47 Å². The Kier molecular flexibility index (Phi) is 6.02. The molecule has 0 heterocycles. The first-order valence-corrected chi connectivity index (χ1v) is 9.47. The second-order valence-electron chi connectivity index (χ2n) is 7.72. The van der Waals surface area contributed by atoms with Crippen LogP contribution in [0.5, 0.6) is 11.5 Å². The van der Waals surface area contributed by atoms with Gasteiger partial charge in [0.05, 0.1) is 22.1 Å². The quantitative estimate of drug-likeness (QED) is 0.292. The van der Waals surface area contributed by atoms with Gasteiger partial charge in [0, 0.05) is 23.3 Å². The van der Waals surface area contributed by atoms with E-state index in [4.69, 9.17) is 14.7 Å². The maximum atomic E-state index is 12.8. The summed E-state index contributed by atoms with van der Waals surface area (Å²) in [6.45, 7) is 5.29. The van der Waals surface area contributed by atoms with Crippen LogP contribution in [-0.4, -0.2) is 16.5 Å². The zero-order valence-corrected chi connectivity index (χ0v) is 17.3. The van der Waals surface area contributed by atoms with Gasteiger partial charge >= 0.3 is 5.97 Å². The van der Waals surface area contributed by atoms with Crippen LogP contribution in [0.2, 0.25) is 0 Å². The lowest BCUT2D eigenvalue weighted by molar-refractivity contribution is -0.384. The molecule has 7 nitrogen and oxygen atoms in total. The molecule has 0 saturated carbocycles. The second-order valence-corrected chi connectivity index (χ2v) is 7.72. The molecule has 7 heteroatoms. The molecule has 31 heavy (non-hydrogen) atoms. The molecule has 0 fully saturated rings. The number of nitriles is 1. The van der Waals surface area contributed by atoms with Crippen molar-refractivity contribution in [3.8, 4) is 28.7 Å². The van der Waals surface area contributed by atoms with E-state index < -0.39 is 16.5 Å². The molecule has 0 bridgehead atoms. The molecule has 0 aliphatic rings. The third-order valence-electron chi connectivity index (χ3n) is 4.22. The third-order valence-corrected chi connectivity index (χ3v) is 4.22. The summed E-state index contributed by atoms with van der Waals surface area (Å²) in [6.07, 6.45) is 0. The van der Waals surface area contributed by atoms with Crippen molar-refractivity contribution >= 4 is 11.7 Å². The highest BCUT2D eigenvalue weighted by Gasteiger charge is 2.23. The van der Waals surface area contributed by atoms with Gasteiger partial charge in [0.2, 0.25) is 0 Å². The molecule has 0 amide bonds. The fourth-order valence-electron chi connectivity index (χ4n) is 2.88. The van der Waals surface area contributed by atoms with Crippen molar-refractivity contribution in [3.63, 3.8) is 0 Å². The van der Waals surface area contributed by atoms with Crippen molar-refractivity contribution in [1.82, 2.24) is 0 Å². The molecule has 0 atom stereocenters. The maximum Gasteiger partial charge on any atom is 0.339 e. The van der Waals surface area contributed by atoms with Crippen LogP contribution in [0.4, 0.5) is 5.69 Å². The highest BCUT2D eigenvalue weighted by Crippen LogP contribution is 2.38. The van der Waals surface area contributed by atoms with Crippen molar-refractivity contribution in [2.24, 2.45) is 0 Å². The number of nitro benzene ring substituents is 1. The standard InChI is InChI=1S/C24H20N2O5/c1-24(2,3)31-23(27)20-7-5-4-6-19(20)21-14-17(26(28)29)10-13-22(21)30-18-11-8-16(15-25)9-12-18/h4-14H,1-3H3. The van der Waals surface area contributed by atoms with E-state index in [0.717, 1.165) is 0 Å². The topological polar surface area (TPSA) is 102 Å². The van der Waals surface area contributed by atoms with Gasteiger partial charge in [-0.05, 0) is 57.2 Å². The first kappa shape index (κ1) is 21.5. The van der Waals surface area contributed by atoms with Crippen LogP contribution < -0.4 is 4.74 Å². The molecule has 0 N–H and O–H groups in total. The number of rotatable bonds is 5. The minimum atomic E-state index is -0.700.